The summed E-state index contributed by atoms with van der Waals surface area (Å²) in [5.74, 6) is -0.253. The molecule has 0 bridgehead atoms. The Labute approximate surface area is 190 Å². The van der Waals surface area contributed by atoms with Crippen molar-refractivity contribution in [1.29, 1.82) is 0 Å². The Morgan fingerprint density at radius 1 is 1.10 bits per heavy atom. The van der Waals surface area contributed by atoms with Crippen LogP contribution in [0.4, 0.5) is 4.79 Å². The molecule has 156 valence electrons. The second-order valence-electron chi connectivity index (χ2n) is 6.51. The third-order valence-corrected chi connectivity index (χ3v) is 5.44. The molecule has 0 saturated heterocycles. The maximum Gasteiger partial charge on any atom is 0.434 e. The van der Waals surface area contributed by atoms with Gasteiger partial charge in [0.1, 0.15) is 0 Å². The van der Waals surface area contributed by atoms with Gasteiger partial charge in [0, 0.05) is 36.0 Å². The van der Waals surface area contributed by atoms with Crippen molar-refractivity contribution < 1.29 is 14.7 Å². The molecule has 0 spiro atoms. The van der Waals surface area contributed by atoms with Crippen LogP contribution >= 0.6 is 39.1 Å². The molecule has 3 rings (SSSR count). The van der Waals surface area contributed by atoms with Gasteiger partial charge in [-0.2, -0.15) is 0 Å². The third-order valence-electron chi connectivity index (χ3n) is 4.25. The van der Waals surface area contributed by atoms with E-state index in [4.69, 9.17) is 28.3 Å². The Morgan fingerprint density at radius 3 is 2.57 bits per heavy atom. The summed E-state index contributed by atoms with van der Waals surface area (Å²) in [6.45, 7) is 0.645. The van der Waals surface area contributed by atoms with Crippen LogP contribution < -0.4 is 10.9 Å². The lowest BCUT2D eigenvalue weighted by molar-refractivity contribution is 0.0950. The summed E-state index contributed by atoms with van der Waals surface area (Å²) in [5.41, 5.74) is 2.38. The number of nitrogens with zero attached hydrogens (tertiary/aromatic N) is 3. The lowest BCUT2D eigenvalue weighted by Gasteiger charge is -2.10. The summed E-state index contributed by atoms with van der Waals surface area (Å²) >= 11 is 15.4. The average molecular weight is 512 g/mol. The molecule has 3 aromatic rings. The first-order valence-electron chi connectivity index (χ1n) is 8.74. The maximum absolute atomic E-state index is 12.6. The van der Waals surface area contributed by atoms with Crippen LogP contribution in [-0.4, -0.2) is 26.2 Å². The van der Waals surface area contributed by atoms with E-state index < -0.39 is 6.09 Å². The van der Waals surface area contributed by atoms with Crippen LogP contribution in [0.5, 0.6) is 0 Å². The van der Waals surface area contributed by atoms with Crippen LogP contribution in [0.15, 0.2) is 58.3 Å². The molecule has 30 heavy (non-hydrogen) atoms. The number of imidazole rings is 1. The summed E-state index contributed by atoms with van der Waals surface area (Å²) < 4.78 is 4.03. The van der Waals surface area contributed by atoms with Crippen molar-refractivity contribution in [2.75, 3.05) is 0 Å². The number of benzene rings is 2. The summed E-state index contributed by atoms with van der Waals surface area (Å²) in [4.78, 5) is 27.2. The molecule has 0 aliphatic rings. The second kappa shape index (κ2) is 9.51. The molecule has 0 saturated carbocycles. The molecule has 10 heteroatoms. The van der Waals surface area contributed by atoms with Crippen molar-refractivity contribution >= 4 is 51.1 Å². The van der Waals surface area contributed by atoms with Crippen molar-refractivity contribution in [1.82, 2.24) is 14.5 Å². The van der Waals surface area contributed by atoms with Crippen LogP contribution in [0.2, 0.25) is 10.0 Å². The van der Waals surface area contributed by atoms with Gasteiger partial charge in [-0.15, -0.1) is 4.99 Å². The van der Waals surface area contributed by atoms with Gasteiger partial charge in [-0.3, -0.25) is 4.79 Å². The summed E-state index contributed by atoms with van der Waals surface area (Å²) in [5, 5.41) is 12.7. The van der Waals surface area contributed by atoms with Crippen LogP contribution in [0, 0.1) is 0 Å². The predicted octanol–water partition coefficient (Wildman–Crippen LogP) is 4.45. The van der Waals surface area contributed by atoms with Crippen molar-refractivity contribution in [2.45, 2.75) is 13.1 Å². The van der Waals surface area contributed by atoms with Crippen molar-refractivity contribution in [2.24, 2.45) is 12.0 Å². The number of nitrogens with one attached hydrogen (secondary N) is 1. The summed E-state index contributed by atoms with van der Waals surface area (Å²) in [7, 11) is 1.71. The van der Waals surface area contributed by atoms with Gasteiger partial charge in [-0.1, -0.05) is 45.2 Å². The largest absolute Gasteiger partial charge is 0.463 e. The summed E-state index contributed by atoms with van der Waals surface area (Å²) in [6, 6.07) is 10.5. The molecular weight excluding hydrogens is 495 g/mol. The zero-order chi connectivity index (χ0) is 21.8. The maximum atomic E-state index is 12.6. The number of aromatic nitrogens is 2. The normalized spacial score (nSPS) is 11.5. The molecule has 0 unspecified atom stereocenters. The van der Waals surface area contributed by atoms with E-state index >= 15 is 0 Å². The minimum Gasteiger partial charge on any atom is -0.463 e. The SMILES string of the molecule is Cn1ccn(Cc2cc(Br)cc(C(=O)NCc3ccc(Cl)c(Cl)c3)c2)c1=NC(=O)O. The van der Waals surface area contributed by atoms with Gasteiger partial charge in [0.15, 0.2) is 0 Å². The van der Waals surface area contributed by atoms with Gasteiger partial charge in [-0.05, 0) is 41.5 Å². The third kappa shape index (κ3) is 5.53. The van der Waals surface area contributed by atoms with E-state index in [1.54, 1.807) is 58.9 Å². The highest BCUT2D eigenvalue weighted by molar-refractivity contribution is 9.10. The van der Waals surface area contributed by atoms with Crippen LogP contribution in [0.1, 0.15) is 21.5 Å². The number of carbonyl (C=O) groups excluding carboxylic acids is 1. The van der Waals surface area contributed by atoms with Gasteiger partial charge in [0.2, 0.25) is 5.62 Å². The van der Waals surface area contributed by atoms with Crippen molar-refractivity contribution in [3.8, 4) is 0 Å². The zero-order valence-electron chi connectivity index (χ0n) is 15.8. The van der Waals surface area contributed by atoms with Gasteiger partial charge in [0.25, 0.3) is 5.91 Å². The Bertz CT molecular complexity index is 1190. The van der Waals surface area contributed by atoms with Crippen LogP contribution in [0.3, 0.4) is 0 Å². The van der Waals surface area contributed by atoms with Crippen molar-refractivity contribution in [3.63, 3.8) is 0 Å². The number of rotatable bonds is 5. The van der Waals surface area contributed by atoms with Gasteiger partial charge in [-0.25, -0.2) is 4.79 Å². The van der Waals surface area contributed by atoms with Gasteiger partial charge in [0.05, 0.1) is 16.6 Å². The van der Waals surface area contributed by atoms with E-state index in [1.807, 2.05) is 6.07 Å². The number of carbonyl (C=O) groups is 2. The van der Waals surface area contributed by atoms with E-state index in [9.17, 15) is 9.59 Å². The molecule has 0 aliphatic heterocycles. The topological polar surface area (TPSA) is 88.6 Å². The van der Waals surface area contributed by atoms with E-state index in [0.29, 0.717) is 28.7 Å². The molecule has 0 aliphatic carbocycles. The standard InChI is InChI=1S/C20H17BrCl2N4O3/c1-26-4-5-27(19(26)25-20(29)30)11-13-6-14(9-15(21)7-13)18(28)24-10-12-2-3-16(22)17(23)8-12/h2-9H,10-11H2,1H3,(H,24,28)(H,29,30). The van der Waals surface area contributed by atoms with Gasteiger partial charge >= 0.3 is 6.09 Å². The minimum absolute atomic E-state index is 0.253. The molecule has 2 amide bonds. The quantitative estimate of drug-likeness (QED) is 0.530. The fraction of sp³-hybridized carbons (Fsp3) is 0.150. The Balaban J connectivity index is 1.79. The summed E-state index contributed by atoms with van der Waals surface area (Å²) in [6.07, 6.45) is 2.17. The number of aryl methyl sites for hydroxylation is 1. The first-order chi connectivity index (χ1) is 14.2. The Morgan fingerprint density at radius 2 is 1.87 bits per heavy atom. The Kier molecular flexibility index (Phi) is 7.02. The molecular formula is C20H17BrCl2N4O3. The zero-order valence-corrected chi connectivity index (χ0v) is 18.9. The molecule has 0 fully saturated rings. The molecule has 0 atom stereocenters. The lowest BCUT2D eigenvalue weighted by Crippen LogP contribution is -2.26. The molecule has 1 heterocycles. The van der Waals surface area contributed by atoms with Crippen LogP contribution in [-0.2, 0) is 20.1 Å². The number of halogens is 3. The number of carboxylic acid groups (broad SMARTS) is 1. The molecule has 2 aromatic carbocycles. The minimum atomic E-state index is -1.28. The second-order valence-corrected chi connectivity index (χ2v) is 8.24. The first-order valence-corrected chi connectivity index (χ1v) is 10.3. The van der Waals surface area contributed by atoms with E-state index in [0.717, 1.165) is 15.6 Å². The molecule has 7 nitrogen and oxygen atoms in total. The van der Waals surface area contributed by atoms with Gasteiger partial charge < -0.3 is 19.6 Å². The van der Waals surface area contributed by atoms with E-state index in [1.165, 1.54) is 0 Å². The smallest absolute Gasteiger partial charge is 0.434 e. The highest BCUT2D eigenvalue weighted by Gasteiger charge is 2.10. The monoisotopic (exact) mass is 510 g/mol. The first kappa shape index (κ1) is 22.1. The highest BCUT2D eigenvalue weighted by atomic mass is 79.9. The number of hydrogen-bond acceptors (Lipinski definition) is 2. The Hall–Kier alpha value is -2.55. The highest BCUT2D eigenvalue weighted by Crippen LogP contribution is 2.22. The fourth-order valence-electron chi connectivity index (χ4n) is 2.87. The molecule has 0 radical (unpaired) electrons. The number of amides is 2. The van der Waals surface area contributed by atoms with E-state index in [2.05, 4.69) is 26.2 Å². The molecule has 2 N–H and O–H groups in total. The lowest BCUT2D eigenvalue weighted by atomic mass is 10.1. The van der Waals surface area contributed by atoms with E-state index in [-0.39, 0.29) is 11.5 Å². The van der Waals surface area contributed by atoms with Crippen LogP contribution in [0.25, 0.3) is 0 Å². The fourth-order valence-corrected chi connectivity index (χ4v) is 3.73. The number of hydrogen-bond donors (Lipinski definition) is 2. The molecule has 1 aromatic heterocycles. The van der Waals surface area contributed by atoms with Crippen molar-refractivity contribution in [3.05, 3.63) is 85.6 Å². The average Bonchev–Trinajstić information content (AvgIpc) is 3.01. The predicted molar refractivity (Wildman–Crippen MR) is 118 cm³/mol.